The first-order valence-electron chi connectivity index (χ1n) is 1.03. The second-order valence-electron chi connectivity index (χ2n) is 0.0891. The van der Waals surface area contributed by atoms with Gasteiger partial charge in [-0.15, -0.1) is 0 Å². The van der Waals surface area contributed by atoms with Crippen molar-refractivity contribution in [3.8, 4) is 0 Å². The van der Waals surface area contributed by atoms with E-state index in [1.165, 1.54) is 7.05 Å². The van der Waals surface area contributed by atoms with Crippen LogP contribution in [-0.4, -0.2) is 18.8 Å². The van der Waals surface area contributed by atoms with Crippen LogP contribution in [0.5, 0.6) is 0 Å². The maximum absolute atomic E-state index is 4.50. The zero-order chi connectivity index (χ0) is 4.71. The van der Waals surface area contributed by atoms with E-state index in [0.29, 0.717) is 0 Å². The van der Waals surface area contributed by atoms with Gasteiger partial charge in [-0.1, -0.05) is 12.2 Å². The molecule has 3 radical (unpaired) electrons. The first-order valence-corrected chi connectivity index (χ1v) is 2.75. The quantitative estimate of drug-likeness (QED) is 0.246. The molecule has 0 saturated heterocycles. The molecule has 2 nitrogen and oxygen atoms in total. The Hall–Kier alpha value is 2.44. The number of hydrogen-bond donors (Lipinski definition) is 1. The van der Waals surface area contributed by atoms with E-state index in [1.807, 2.05) is 22.6 Å². The summed E-state index contributed by atoms with van der Waals surface area (Å²) in [6.07, 6.45) is 0. The standard InChI is InChI=1S/CHIS.CH5N.B.K.H2N/c2-1-3;1-2;;;/h1H;2H2,1H3;;;1H2/q;;;+1;-1. The SMILES string of the molecule is CN.S=CI.[B].[K+].[NH2-]. The fourth-order valence-corrected chi connectivity index (χ4v) is 0. The fourth-order valence-electron chi connectivity index (χ4n) is 0. The van der Waals surface area contributed by atoms with Gasteiger partial charge in [-0.05, 0) is 29.6 Å². The Labute approximate surface area is 114 Å². The molecule has 0 spiro atoms. The van der Waals surface area contributed by atoms with Gasteiger partial charge in [0.2, 0.25) is 0 Å². The second kappa shape index (κ2) is 56.8. The fraction of sp³-hybridized carbons (Fsp3) is 0.500. The van der Waals surface area contributed by atoms with E-state index >= 15 is 0 Å². The topological polar surface area (TPSA) is 59.5 Å². The number of thiocarbonyl (C=S) groups is 1. The van der Waals surface area contributed by atoms with Crippen molar-refractivity contribution in [1.29, 1.82) is 0 Å². The minimum absolute atomic E-state index is 0. The van der Waals surface area contributed by atoms with Crippen molar-refractivity contribution < 1.29 is 51.4 Å². The van der Waals surface area contributed by atoms with Gasteiger partial charge >= 0.3 is 51.4 Å². The van der Waals surface area contributed by atoms with Gasteiger partial charge in [0, 0.05) is 11.8 Å². The van der Waals surface area contributed by atoms with Crippen molar-refractivity contribution in [1.82, 2.24) is 0 Å². The van der Waals surface area contributed by atoms with E-state index in [-0.39, 0.29) is 65.9 Å². The second-order valence-corrected chi connectivity index (χ2v) is 1.79. The van der Waals surface area contributed by atoms with E-state index < -0.39 is 0 Å². The van der Waals surface area contributed by atoms with Gasteiger partial charge in [0.1, 0.15) is 0 Å². The first-order chi connectivity index (χ1) is 2.41. The van der Waals surface area contributed by atoms with Crippen LogP contribution in [0.1, 0.15) is 0 Å². The number of hydrogen-bond acceptors (Lipinski definition) is 2. The molecule has 0 heterocycles. The zero-order valence-electron chi connectivity index (χ0n) is 5.10. The monoisotopic (exact) mass is 269 g/mol. The van der Waals surface area contributed by atoms with Crippen LogP contribution >= 0.6 is 34.8 Å². The molecule has 0 fully saturated rings. The summed E-state index contributed by atoms with van der Waals surface area (Å²) < 4.78 is 1.55. The van der Waals surface area contributed by atoms with Crippen LogP contribution in [-0.2, 0) is 0 Å². The molecule has 0 unspecified atom stereocenters. The Kier molecular flexibility index (Phi) is 223. The largest absolute Gasteiger partial charge is 1.00 e. The van der Waals surface area contributed by atoms with E-state index in [2.05, 4.69) is 18.0 Å². The predicted molar refractivity (Wildman–Crippen MR) is 48.8 cm³/mol. The van der Waals surface area contributed by atoms with Crippen molar-refractivity contribution in [2.75, 3.05) is 7.05 Å². The Morgan fingerprint density at radius 2 is 1.50 bits per heavy atom. The molecule has 0 aromatic carbocycles. The Morgan fingerprint density at radius 3 is 1.50 bits per heavy atom. The molecule has 4 N–H and O–H groups in total. The molecule has 8 heavy (non-hydrogen) atoms. The van der Waals surface area contributed by atoms with Gasteiger partial charge in [0.25, 0.3) is 0 Å². The van der Waals surface area contributed by atoms with Crippen LogP contribution in [0.4, 0.5) is 0 Å². The molecule has 0 atom stereocenters. The smallest absolute Gasteiger partial charge is 0.693 e. The third kappa shape index (κ3) is 78.4. The van der Waals surface area contributed by atoms with Crippen LogP contribution in [0.15, 0.2) is 0 Å². The number of rotatable bonds is 0. The van der Waals surface area contributed by atoms with Gasteiger partial charge in [-0.2, -0.15) is 0 Å². The molecule has 0 rings (SSSR count). The van der Waals surface area contributed by atoms with Gasteiger partial charge < -0.3 is 11.9 Å². The summed E-state index contributed by atoms with van der Waals surface area (Å²) in [4.78, 5) is 0. The number of halogens is 1. The van der Waals surface area contributed by atoms with Crippen molar-refractivity contribution in [3.05, 3.63) is 6.15 Å². The summed E-state index contributed by atoms with van der Waals surface area (Å²) in [5.41, 5.74) is 4.50. The van der Waals surface area contributed by atoms with Crippen LogP contribution in [0.2, 0.25) is 0 Å². The summed E-state index contributed by atoms with van der Waals surface area (Å²) >= 11 is 6.23. The third-order valence-corrected chi connectivity index (χ3v) is 0. The average molecular weight is 269 g/mol. The first kappa shape index (κ1) is 31.4. The Morgan fingerprint density at radius 1 is 1.50 bits per heavy atom. The average Bonchev–Trinajstić information content (AvgIpc) is 1.46. The summed E-state index contributed by atoms with van der Waals surface area (Å²) in [5.74, 6) is 0. The minimum Gasteiger partial charge on any atom is -0.693 e. The summed E-state index contributed by atoms with van der Waals surface area (Å²) in [6, 6.07) is 0. The molecule has 0 aliphatic carbocycles. The zero-order valence-corrected chi connectivity index (χ0v) is 11.2. The Balaban J connectivity index is -0.00000000567. The van der Waals surface area contributed by atoms with Crippen molar-refractivity contribution in [2.24, 2.45) is 5.73 Å². The van der Waals surface area contributed by atoms with Gasteiger partial charge in [0.15, 0.2) is 0 Å². The van der Waals surface area contributed by atoms with Crippen LogP contribution < -0.4 is 57.1 Å². The Bertz CT molecular complexity index is 27.5. The van der Waals surface area contributed by atoms with Crippen LogP contribution in [0.3, 0.4) is 0 Å². The molecule has 0 bridgehead atoms. The molecule has 6 heteroatoms. The van der Waals surface area contributed by atoms with E-state index in [4.69, 9.17) is 0 Å². The molecule has 43 valence electrons. The normalized spacial score (nSPS) is 2.38. The predicted octanol–water partition coefficient (Wildman–Crippen LogP) is -1.71. The maximum atomic E-state index is 4.50. The third-order valence-electron chi connectivity index (χ3n) is 0. The van der Waals surface area contributed by atoms with Gasteiger partial charge in [-0.3, -0.25) is 0 Å². The van der Waals surface area contributed by atoms with Gasteiger partial charge in [0.05, 0.1) is 0 Å². The minimum atomic E-state index is 0. The van der Waals surface area contributed by atoms with Crippen molar-refractivity contribution >= 4 is 46.6 Å². The number of nitrogens with two attached hydrogens (primary N) is 2. The molecule has 0 amide bonds. The molecule has 0 aromatic heterocycles. The molecule has 0 saturated carbocycles. The van der Waals surface area contributed by atoms with Gasteiger partial charge in [-0.25, -0.2) is 0 Å². The summed E-state index contributed by atoms with van der Waals surface area (Å²) in [5, 5.41) is 0. The summed E-state index contributed by atoms with van der Waals surface area (Å²) in [6.45, 7) is 0. The van der Waals surface area contributed by atoms with Crippen LogP contribution in [0.25, 0.3) is 6.15 Å². The van der Waals surface area contributed by atoms with Crippen molar-refractivity contribution in [3.63, 3.8) is 0 Å². The van der Waals surface area contributed by atoms with E-state index in [9.17, 15) is 0 Å². The summed E-state index contributed by atoms with van der Waals surface area (Å²) in [7, 11) is 1.50. The molecular weight excluding hydrogens is 261 g/mol. The maximum Gasteiger partial charge on any atom is 1.00 e. The van der Waals surface area contributed by atoms with Crippen LogP contribution in [0, 0.1) is 0 Å². The van der Waals surface area contributed by atoms with E-state index in [1.54, 1.807) is 3.37 Å². The molecule has 0 aliphatic rings. The molecule has 0 aromatic rings. The van der Waals surface area contributed by atoms with E-state index in [0.717, 1.165) is 0 Å². The molecular formula is C2H8BIKN2S. The molecule has 0 aliphatic heterocycles. The van der Waals surface area contributed by atoms with Crippen molar-refractivity contribution in [2.45, 2.75) is 0 Å².